The van der Waals surface area contributed by atoms with Gasteiger partial charge in [-0.25, -0.2) is 4.39 Å². The molecule has 0 saturated carbocycles. The molecule has 18 heteroatoms. The third-order valence-electron chi connectivity index (χ3n) is 9.52. The first kappa shape index (κ1) is 40.8. The van der Waals surface area contributed by atoms with Gasteiger partial charge >= 0.3 is 22.4 Å². The van der Waals surface area contributed by atoms with Crippen LogP contribution in [-0.2, 0) is 10.2 Å². The summed E-state index contributed by atoms with van der Waals surface area (Å²) in [4.78, 5) is 17.4. The van der Waals surface area contributed by atoms with Gasteiger partial charge in [0.05, 0.1) is 12.5 Å². The van der Waals surface area contributed by atoms with Gasteiger partial charge in [-0.3, -0.25) is 4.98 Å². The van der Waals surface area contributed by atoms with Gasteiger partial charge in [0.25, 0.3) is 0 Å². The van der Waals surface area contributed by atoms with Gasteiger partial charge in [-0.1, -0.05) is 54.6 Å². The summed E-state index contributed by atoms with van der Waals surface area (Å²) < 4.78 is 93.7. The molecule has 2 N–H and O–H groups in total. The Morgan fingerprint density at radius 1 is 1.02 bits per heavy atom. The smallest absolute Gasteiger partial charge is 0.448 e. The molecular formula is C38H38ClF5N6O5S. The molecule has 56 heavy (non-hydrogen) atoms. The number of hydrogen-bond acceptors (Lipinski definition) is 11. The number of ether oxygens (including phenoxy) is 2. The Bertz CT molecular complexity index is 2340. The average Bonchev–Trinajstić information content (AvgIpc) is 3.73. The number of allylic oxidation sites excluding steroid dienone is 1. The maximum Gasteiger partial charge on any atom is 0.448 e. The minimum atomic E-state index is -4.66. The third-order valence-corrected chi connectivity index (χ3v) is 10.6. The lowest BCUT2D eigenvalue weighted by Crippen LogP contribution is -2.51. The lowest BCUT2D eigenvalue weighted by Gasteiger charge is -2.34. The molecule has 2 bridgehead atoms. The van der Waals surface area contributed by atoms with Crippen LogP contribution in [0.3, 0.4) is 0 Å². The largest absolute Gasteiger partial charge is 0.505 e. The van der Waals surface area contributed by atoms with E-state index in [1.54, 1.807) is 18.3 Å². The first-order valence-electron chi connectivity index (χ1n) is 17.5. The van der Waals surface area contributed by atoms with Crippen LogP contribution in [0.2, 0.25) is 5.02 Å². The molecule has 3 unspecified atom stereocenters. The molecule has 0 aliphatic carbocycles. The molecule has 0 spiro atoms. The van der Waals surface area contributed by atoms with E-state index in [1.165, 1.54) is 25.3 Å². The molecule has 3 aliphatic rings. The first-order chi connectivity index (χ1) is 26.5. The number of pyridine rings is 1. The Labute approximate surface area is 324 Å². The van der Waals surface area contributed by atoms with Crippen molar-refractivity contribution < 1.29 is 44.4 Å². The molecule has 3 atom stereocenters. The molecule has 11 nitrogen and oxygen atoms in total. The fourth-order valence-corrected chi connectivity index (χ4v) is 7.67. The standard InChI is InChI=1S/C24H21ClFN5O.C11H14FNO3S.C3H3F3O/c1-32-24-29-22-17(23(30-24)31-11-14-8-9-15(12-31)28-14)10-27-21(20(22)26)16-6-2-4-13-5-3-7-18(25)19(13)16;1-13-6-5-10(8-13)16-9-3-2-4-11(7-9)17(12,14)15;1-2(7)3(4,5)6/h2-7,10,14-15,28H,8-9,11-12H2,1H3;2-4,7,10H,5-6,8H2,1H3;7H,1H2. The van der Waals surface area contributed by atoms with Crippen LogP contribution in [0.5, 0.6) is 11.8 Å². The van der Waals surface area contributed by atoms with Crippen molar-refractivity contribution in [2.75, 3.05) is 45.2 Å². The van der Waals surface area contributed by atoms with Crippen LogP contribution in [0.15, 0.2) is 84.1 Å². The summed E-state index contributed by atoms with van der Waals surface area (Å²) in [6.07, 6.45) is 0.239. The molecule has 5 heterocycles. The second-order valence-corrected chi connectivity index (χ2v) is 15.3. The Morgan fingerprint density at radius 2 is 1.68 bits per heavy atom. The quantitative estimate of drug-likeness (QED) is 0.0997. The highest BCUT2D eigenvalue weighted by molar-refractivity contribution is 7.86. The second-order valence-electron chi connectivity index (χ2n) is 13.6. The van der Waals surface area contributed by atoms with E-state index in [4.69, 9.17) is 26.2 Å². The SMILES string of the molecule is C=C(O)C(F)(F)F.CN1CCC(Oc2cccc(S(=O)(=O)F)c2)C1.COc1nc(N2CC3CCC(C2)N3)c2cnc(-c3cccc4cccc(Cl)c34)c(F)c2n1. The topological polar surface area (TPSA) is 130 Å². The Kier molecular flexibility index (Phi) is 12.2. The van der Waals surface area contributed by atoms with Gasteiger partial charge in [-0.05, 0) is 49.9 Å². The summed E-state index contributed by atoms with van der Waals surface area (Å²) >= 11 is 6.48. The van der Waals surface area contributed by atoms with E-state index < -0.39 is 28.0 Å². The molecule has 2 aromatic heterocycles. The molecule has 3 aromatic carbocycles. The predicted molar refractivity (Wildman–Crippen MR) is 203 cm³/mol. The van der Waals surface area contributed by atoms with E-state index in [0.29, 0.717) is 39.6 Å². The van der Waals surface area contributed by atoms with Crippen LogP contribution in [-0.4, -0.2) is 98.1 Å². The highest BCUT2D eigenvalue weighted by Crippen LogP contribution is 2.38. The number of hydrogen-bond donors (Lipinski definition) is 2. The fraction of sp³-hybridized carbons (Fsp3) is 0.342. The van der Waals surface area contributed by atoms with E-state index in [1.807, 2.05) is 37.4 Å². The molecule has 3 fully saturated rings. The maximum absolute atomic E-state index is 16.0. The summed E-state index contributed by atoms with van der Waals surface area (Å²) in [5.41, 5.74) is 1.04. The van der Waals surface area contributed by atoms with Crippen molar-refractivity contribution in [3.63, 3.8) is 0 Å². The van der Waals surface area contributed by atoms with Crippen LogP contribution >= 0.6 is 11.6 Å². The number of halogens is 6. The third kappa shape index (κ3) is 9.40. The zero-order valence-electron chi connectivity index (χ0n) is 30.2. The Balaban J connectivity index is 0.000000185. The zero-order valence-corrected chi connectivity index (χ0v) is 31.8. The number of nitrogens with zero attached hydrogens (tertiary/aromatic N) is 5. The van der Waals surface area contributed by atoms with E-state index in [9.17, 15) is 25.5 Å². The number of benzene rings is 3. The summed E-state index contributed by atoms with van der Waals surface area (Å²) in [5, 5.41) is 14.0. The molecule has 3 aliphatic heterocycles. The van der Waals surface area contributed by atoms with Crippen molar-refractivity contribution in [1.82, 2.24) is 25.2 Å². The lowest BCUT2D eigenvalue weighted by molar-refractivity contribution is -0.119. The number of alkyl halides is 3. The van der Waals surface area contributed by atoms with E-state index >= 15 is 4.39 Å². The molecule has 3 saturated heterocycles. The molecule has 298 valence electrons. The minimum Gasteiger partial charge on any atom is -0.505 e. The number of anilines is 1. The van der Waals surface area contributed by atoms with Crippen molar-refractivity contribution in [1.29, 1.82) is 0 Å². The van der Waals surface area contributed by atoms with Crippen molar-refractivity contribution in [3.8, 4) is 23.0 Å². The van der Waals surface area contributed by atoms with Gasteiger partial charge in [-0.15, -0.1) is 3.89 Å². The monoisotopic (exact) mass is 820 g/mol. The number of aliphatic hydroxyl groups excluding tert-OH is 1. The van der Waals surface area contributed by atoms with Crippen molar-refractivity contribution >= 4 is 49.3 Å². The van der Waals surface area contributed by atoms with Crippen LogP contribution < -0.4 is 19.7 Å². The van der Waals surface area contributed by atoms with Crippen molar-refractivity contribution in [2.45, 2.75) is 48.5 Å². The van der Waals surface area contributed by atoms with E-state index in [0.717, 1.165) is 56.2 Å². The van der Waals surface area contributed by atoms with Crippen molar-refractivity contribution in [2.24, 2.45) is 0 Å². The molecule has 0 amide bonds. The number of nitrogens with one attached hydrogen (secondary N) is 1. The number of rotatable bonds is 6. The first-order valence-corrected chi connectivity index (χ1v) is 19.2. The lowest BCUT2D eigenvalue weighted by atomic mass is 10.0. The second kappa shape index (κ2) is 16.7. The van der Waals surface area contributed by atoms with Crippen LogP contribution in [0.1, 0.15) is 19.3 Å². The van der Waals surface area contributed by atoms with Crippen LogP contribution in [0.4, 0.5) is 27.3 Å². The number of fused-ring (bicyclic) bond motifs is 4. The van der Waals surface area contributed by atoms with Gasteiger partial charge in [0.1, 0.15) is 33.8 Å². The van der Waals surface area contributed by atoms with E-state index in [2.05, 4.69) is 36.6 Å². The van der Waals surface area contributed by atoms with Gasteiger partial charge in [0.2, 0.25) is 0 Å². The summed E-state index contributed by atoms with van der Waals surface area (Å²) in [7, 11) is -1.17. The van der Waals surface area contributed by atoms with Gasteiger partial charge in [-0.2, -0.15) is 31.6 Å². The highest BCUT2D eigenvalue weighted by Gasteiger charge is 2.34. The van der Waals surface area contributed by atoms with Gasteiger partial charge in [0, 0.05) is 66.5 Å². The predicted octanol–water partition coefficient (Wildman–Crippen LogP) is 7.63. The highest BCUT2D eigenvalue weighted by atomic mass is 35.5. The molecule has 0 radical (unpaired) electrons. The normalized spacial score (nSPS) is 19.6. The molecular weight excluding hydrogens is 783 g/mol. The number of likely N-dealkylation sites (N-methyl/N-ethyl adjacent to an activating group) is 1. The minimum absolute atomic E-state index is 0.0394. The maximum atomic E-state index is 16.0. The van der Waals surface area contributed by atoms with Gasteiger partial charge in [0.15, 0.2) is 11.6 Å². The average molecular weight is 821 g/mol. The summed E-state index contributed by atoms with van der Waals surface area (Å²) in [5.74, 6) is -1.20. The number of aliphatic hydroxyl groups is 1. The Morgan fingerprint density at radius 3 is 2.29 bits per heavy atom. The van der Waals surface area contributed by atoms with E-state index in [-0.39, 0.29) is 28.2 Å². The molecule has 8 rings (SSSR count). The van der Waals surface area contributed by atoms with Crippen LogP contribution in [0.25, 0.3) is 32.9 Å². The number of piperazine rings is 1. The fourth-order valence-electron chi connectivity index (χ4n) is 6.89. The number of aromatic nitrogens is 3. The number of methoxy groups -OCH3 is 1. The molecule has 5 aromatic rings. The van der Waals surface area contributed by atoms with Crippen molar-refractivity contribution in [3.05, 3.63) is 90.0 Å². The van der Waals surface area contributed by atoms with Crippen LogP contribution in [0, 0.1) is 5.82 Å². The van der Waals surface area contributed by atoms with Gasteiger partial charge < -0.3 is 29.7 Å². The Hall–Kier alpha value is -4.84. The zero-order chi connectivity index (χ0) is 40.4. The number of likely N-dealkylation sites (tertiary alicyclic amines) is 1. The summed E-state index contributed by atoms with van der Waals surface area (Å²) in [6, 6.07) is 17.8. The summed E-state index contributed by atoms with van der Waals surface area (Å²) in [6.45, 7) is 5.63.